The van der Waals surface area contributed by atoms with Gasteiger partial charge in [0.1, 0.15) is 17.3 Å². The van der Waals surface area contributed by atoms with Crippen molar-refractivity contribution in [2.24, 2.45) is 5.41 Å². The maximum atomic E-state index is 13.1. The van der Waals surface area contributed by atoms with E-state index >= 15 is 0 Å². The molecule has 0 aliphatic carbocycles. The van der Waals surface area contributed by atoms with Crippen LogP contribution in [0.2, 0.25) is 0 Å². The predicted octanol–water partition coefficient (Wildman–Crippen LogP) is 3.97. The zero-order chi connectivity index (χ0) is 22.2. The number of pyridine rings is 1. The van der Waals surface area contributed by atoms with Gasteiger partial charge in [0, 0.05) is 18.1 Å². The van der Waals surface area contributed by atoms with Crippen LogP contribution in [-0.2, 0) is 14.8 Å². The third kappa shape index (κ3) is 3.86. The fraction of sp³-hybridized carbons (Fsp3) is 0.217. The highest BCUT2D eigenvalue weighted by molar-refractivity contribution is 7.93. The molecule has 160 valence electrons. The Morgan fingerprint density at radius 2 is 2.00 bits per heavy atom. The van der Waals surface area contributed by atoms with Crippen LogP contribution in [0.15, 0.2) is 72.3 Å². The number of nitrogens with zero attached hydrogens (tertiary/aromatic N) is 2. The molecule has 1 N–H and O–H groups in total. The molecular weight excluding hydrogens is 414 g/mol. The highest BCUT2D eigenvalue weighted by Gasteiger charge is 2.37. The number of carbonyl (C=O) groups is 1. The van der Waals surface area contributed by atoms with Crippen molar-refractivity contribution in [1.29, 1.82) is 0 Å². The number of hydrogen-bond acceptors (Lipinski definition) is 5. The van der Waals surface area contributed by atoms with Crippen LogP contribution < -0.4 is 14.4 Å². The molecule has 0 atom stereocenters. The fourth-order valence-corrected chi connectivity index (χ4v) is 4.75. The summed E-state index contributed by atoms with van der Waals surface area (Å²) in [6.45, 7) is 7.87. The largest absolute Gasteiger partial charge is 0.490 e. The number of amides is 1. The second kappa shape index (κ2) is 7.70. The molecule has 0 spiro atoms. The second-order valence-electron chi connectivity index (χ2n) is 8.00. The molecule has 31 heavy (non-hydrogen) atoms. The number of sulfonamides is 1. The summed E-state index contributed by atoms with van der Waals surface area (Å²) in [7, 11) is -3.92. The minimum absolute atomic E-state index is 0.0805. The first kappa shape index (κ1) is 20.9. The van der Waals surface area contributed by atoms with Crippen molar-refractivity contribution >= 4 is 38.2 Å². The Bertz CT molecular complexity index is 1280. The maximum absolute atomic E-state index is 13.1. The van der Waals surface area contributed by atoms with Gasteiger partial charge in [0.2, 0.25) is 5.91 Å². The number of ether oxygens (including phenoxy) is 1. The molecule has 1 aromatic heterocycles. The summed E-state index contributed by atoms with van der Waals surface area (Å²) in [5.41, 5.74) is 0.473. The van der Waals surface area contributed by atoms with Gasteiger partial charge in [-0.05, 0) is 44.2 Å². The Morgan fingerprint density at radius 3 is 2.77 bits per heavy atom. The van der Waals surface area contributed by atoms with Crippen molar-refractivity contribution in [1.82, 2.24) is 4.98 Å². The molecule has 0 bridgehead atoms. The van der Waals surface area contributed by atoms with Crippen molar-refractivity contribution in [3.63, 3.8) is 0 Å². The van der Waals surface area contributed by atoms with Crippen molar-refractivity contribution in [3.05, 3.63) is 67.4 Å². The lowest BCUT2D eigenvalue weighted by Gasteiger charge is -2.27. The van der Waals surface area contributed by atoms with E-state index in [1.54, 1.807) is 47.5 Å². The molecule has 0 unspecified atom stereocenters. The lowest BCUT2D eigenvalue weighted by molar-refractivity contribution is -0.127. The molecule has 0 saturated carbocycles. The molecule has 1 aliphatic heterocycles. The molecule has 0 saturated heterocycles. The maximum Gasteiger partial charge on any atom is 0.264 e. The lowest BCUT2D eigenvalue weighted by atomic mass is 9.93. The van der Waals surface area contributed by atoms with E-state index in [-0.39, 0.29) is 24.0 Å². The monoisotopic (exact) mass is 437 g/mol. The fourth-order valence-electron chi connectivity index (χ4n) is 3.52. The van der Waals surface area contributed by atoms with Crippen LogP contribution in [0.4, 0.5) is 11.4 Å². The zero-order valence-electron chi connectivity index (χ0n) is 17.3. The highest BCUT2D eigenvalue weighted by Crippen LogP contribution is 2.38. The SMILES string of the molecule is C=CCN1C(=O)C(C)(C)COc2ccc(NS(=O)(=O)c3cccc4cccnc34)cc21. The topological polar surface area (TPSA) is 88.6 Å². The first-order valence-electron chi connectivity index (χ1n) is 9.79. The number of carbonyl (C=O) groups excluding carboxylic acids is 1. The molecule has 2 aromatic carbocycles. The van der Waals surface area contributed by atoms with Gasteiger partial charge >= 0.3 is 0 Å². The van der Waals surface area contributed by atoms with Gasteiger partial charge in [-0.25, -0.2) is 8.42 Å². The van der Waals surface area contributed by atoms with Gasteiger partial charge in [0.15, 0.2) is 0 Å². The molecule has 7 nitrogen and oxygen atoms in total. The molecule has 8 heteroatoms. The first-order chi connectivity index (χ1) is 14.7. The minimum atomic E-state index is -3.92. The van der Waals surface area contributed by atoms with E-state index in [1.807, 2.05) is 26.0 Å². The van der Waals surface area contributed by atoms with Crippen LogP contribution in [0.3, 0.4) is 0 Å². The number of hydrogen-bond donors (Lipinski definition) is 1. The van der Waals surface area contributed by atoms with Crippen molar-refractivity contribution in [2.75, 3.05) is 22.8 Å². The summed E-state index contributed by atoms with van der Waals surface area (Å²) in [6.07, 6.45) is 3.18. The molecule has 1 aliphatic rings. The summed E-state index contributed by atoms with van der Waals surface area (Å²) in [5, 5.41) is 0.727. The molecule has 0 fully saturated rings. The number of nitrogens with one attached hydrogen (secondary N) is 1. The smallest absolute Gasteiger partial charge is 0.264 e. The zero-order valence-corrected chi connectivity index (χ0v) is 18.1. The van der Waals surface area contributed by atoms with Gasteiger partial charge in [-0.1, -0.05) is 24.3 Å². The summed E-state index contributed by atoms with van der Waals surface area (Å²) in [4.78, 5) is 18.9. The quantitative estimate of drug-likeness (QED) is 0.610. The summed E-state index contributed by atoms with van der Waals surface area (Å²) in [5.74, 6) is 0.389. The molecule has 1 amide bonds. The van der Waals surface area contributed by atoms with Crippen molar-refractivity contribution < 1.29 is 17.9 Å². The van der Waals surface area contributed by atoms with Crippen LogP contribution in [0.25, 0.3) is 10.9 Å². The Labute approximate surface area is 181 Å². The number of anilines is 2. The van der Waals surface area contributed by atoms with Gasteiger partial charge in [0.05, 0.1) is 22.3 Å². The second-order valence-corrected chi connectivity index (χ2v) is 9.65. The normalized spacial score (nSPS) is 15.7. The van der Waals surface area contributed by atoms with Gasteiger partial charge < -0.3 is 9.64 Å². The summed E-state index contributed by atoms with van der Waals surface area (Å²) in [6, 6.07) is 13.4. The third-order valence-corrected chi connectivity index (χ3v) is 6.52. The Morgan fingerprint density at radius 1 is 1.23 bits per heavy atom. The van der Waals surface area contributed by atoms with Crippen molar-refractivity contribution in [3.8, 4) is 5.75 Å². The number of fused-ring (bicyclic) bond motifs is 2. The van der Waals surface area contributed by atoms with Crippen LogP contribution >= 0.6 is 0 Å². The number of benzene rings is 2. The molecule has 2 heterocycles. The van der Waals surface area contributed by atoms with E-state index in [1.165, 1.54) is 6.07 Å². The van der Waals surface area contributed by atoms with Gasteiger partial charge in [-0.2, -0.15) is 0 Å². The third-order valence-electron chi connectivity index (χ3n) is 5.11. The summed E-state index contributed by atoms with van der Waals surface area (Å²) >= 11 is 0. The Balaban J connectivity index is 1.75. The molecule has 0 radical (unpaired) electrons. The van der Waals surface area contributed by atoms with E-state index in [2.05, 4.69) is 16.3 Å². The first-order valence-corrected chi connectivity index (χ1v) is 11.3. The molecule has 4 rings (SSSR count). The standard InChI is InChI=1S/C23H23N3O4S/c1-4-13-26-18-14-17(10-11-19(18)30-15-23(2,3)22(26)27)25-31(28,29)20-9-5-7-16-8-6-12-24-21(16)20/h4-12,14,25H,1,13,15H2,2-3H3. The molecular formula is C23H23N3O4S. The van der Waals surface area contributed by atoms with Gasteiger partial charge in [0.25, 0.3) is 10.0 Å². The van der Waals surface area contributed by atoms with E-state index in [9.17, 15) is 13.2 Å². The van der Waals surface area contributed by atoms with Crippen LogP contribution in [0.1, 0.15) is 13.8 Å². The lowest BCUT2D eigenvalue weighted by Crippen LogP contribution is -2.42. The average Bonchev–Trinajstić information content (AvgIpc) is 2.83. The average molecular weight is 438 g/mol. The summed E-state index contributed by atoms with van der Waals surface area (Å²) < 4.78 is 34.8. The van der Waals surface area contributed by atoms with Crippen LogP contribution in [0, 0.1) is 5.41 Å². The Kier molecular flexibility index (Phi) is 5.18. The van der Waals surface area contributed by atoms with E-state index in [0.717, 1.165) is 5.39 Å². The van der Waals surface area contributed by atoms with Crippen molar-refractivity contribution in [2.45, 2.75) is 18.7 Å². The van der Waals surface area contributed by atoms with E-state index < -0.39 is 15.4 Å². The van der Waals surface area contributed by atoms with Gasteiger partial charge in [-0.3, -0.25) is 14.5 Å². The number of rotatable bonds is 5. The predicted molar refractivity (Wildman–Crippen MR) is 121 cm³/mol. The highest BCUT2D eigenvalue weighted by atomic mass is 32.2. The molecule has 3 aromatic rings. The van der Waals surface area contributed by atoms with E-state index in [4.69, 9.17) is 4.74 Å². The van der Waals surface area contributed by atoms with Crippen LogP contribution in [0.5, 0.6) is 5.75 Å². The Hall–Kier alpha value is -3.39. The van der Waals surface area contributed by atoms with Crippen LogP contribution in [-0.4, -0.2) is 32.5 Å². The minimum Gasteiger partial charge on any atom is -0.490 e. The van der Waals surface area contributed by atoms with E-state index in [0.29, 0.717) is 22.6 Å². The number of aromatic nitrogens is 1. The number of para-hydroxylation sites is 1. The van der Waals surface area contributed by atoms with Gasteiger partial charge in [-0.15, -0.1) is 6.58 Å².